The molecule has 0 fully saturated rings. The first-order valence-electron chi connectivity index (χ1n) is 16.6. The number of amides is 1. The van der Waals surface area contributed by atoms with Crippen LogP contribution in [0, 0.1) is 0 Å². The molecular formula is C38H50ClN3O5. The number of nitrogens with two attached hydrogens (primary N) is 1. The lowest BCUT2D eigenvalue weighted by atomic mass is 9.93. The Kier molecular flexibility index (Phi) is 14.9. The number of hydrogen-bond donors (Lipinski definition) is 4. The highest BCUT2D eigenvalue weighted by atomic mass is 35.5. The summed E-state index contributed by atoms with van der Waals surface area (Å²) < 4.78 is 1.33. The zero-order chi connectivity index (χ0) is 34.4. The van der Waals surface area contributed by atoms with E-state index in [1.807, 2.05) is 6.07 Å². The van der Waals surface area contributed by atoms with Crippen molar-refractivity contribution in [3.05, 3.63) is 105 Å². The lowest BCUT2D eigenvalue weighted by molar-refractivity contribution is 0.0984. The molecule has 254 valence electrons. The number of fused-ring (bicyclic) bond motifs is 1. The Bertz CT molecular complexity index is 1620. The van der Waals surface area contributed by atoms with Crippen molar-refractivity contribution in [3.63, 3.8) is 0 Å². The molecule has 0 radical (unpaired) electrons. The number of nitrogens with zero attached hydrogens (tertiary/aromatic N) is 2. The van der Waals surface area contributed by atoms with Crippen molar-refractivity contribution < 1.29 is 20.1 Å². The average molecular weight is 664 g/mol. The Balaban J connectivity index is 0.000000258. The van der Waals surface area contributed by atoms with E-state index in [4.69, 9.17) is 17.3 Å². The Morgan fingerprint density at radius 3 is 2.04 bits per heavy atom. The number of benzene rings is 3. The predicted molar refractivity (Wildman–Crippen MR) is 193 cm³/mol. The van der Waals surface area contributed by atoms with E-state index in [2.05, 4.69) is 31.2 Å². The fourth-order valence-corrected chi connectivity index (χ4v) is 5.75. The molecule has 0 bridgehead atoms. The monoisotopic (exact) mass is 663 g/mol. The molecule has 0 aliphatic rings. The normalized spacial score (nSPS) is 11.3. The van der Waals surface area contributed by atoms with E-state index in [1.54, 1.807) is 56.4 Å². The van der Waals surface area contributed by atoms with Gasteiger partial charge in [-0.05, 0) is 68.0 Å². The number of aromatic hydroxyl groups is 1. The van der Waals surface area contributed by atoms with Crippen LogP contribution in [0.4, 0.5) is 5.69 Å². The maximum atomic E-state index is 13.0. The fourth-order valence-electron chi connectivity index (χ4n) is 5.49. The van der Waals surface area contributed by atoms with Gasteiger partial charge in [0.2, 0.25) is 0 Å². The van der Waals surface area contributed by atoms with Crippen LogP contribution in [0.3, 0.4) is 0 Å². The molecule has 1 amide bonds. The van der Waals surface area contributed by atoms with E-state index in [0.29, 0.717) is 29.6 Å². The van der Waals surface area contributed by atoms with Crippen molar-refractivity contribution in [2.75, 3.05) is 24.7 Å². The summed E-state index contributed by atoms with van der Waals surface area (Å²) in [6.45, 7) is 4.04. The van der Waals surface area contributed by atoms with Crippen molar-refractivity contribution in [1.82, 2.24) is 4.57 Å². The number of aromatic nitrogens is 1. The lowest BCUT2D eigenvalue weighted by Gasteiger charge is -2.24. The SMILES string of the molecule is CCCCCCCCc1ccc(CCC(N)(CO)CO)cc1.CCN(C(=O)c1c(O)c2c(Cl)cccc2n(C)c1=O)c1ccccc1. The number of carbonyl (C=O) groups excluding carboxylic acids is 1. The maximum absolute atomic E-state index is 13.0. The summed E-state index contributed by atoms with van der Waals surface area (Å²) in [6.07, 6.45) is 10.5. The number of halogens is 1. The summed E-state index contributed by atoms with van der Waals surface area (Å²) in [4.78, 5) is 27.2. The fraction of sp³-hybridized carbons (Fsp3) is 0.421. The van der Waals surface area contributed by atoms with Gasteiger partial charge in [0, 0.05) is 19.3 Å². The van der Waals surface area contributed by atoms with Gasteiger partial charge in [0.25, 0.3) is 11.5 Å². The molecule has 1 aromatic heterocycles. The van der Waals surface area contributed by atoms with Gasteiger partial charge in [0.1, 0.15) is 11.3 Å². The molecule has 47 heavy (non-hydrogen) atoms. The number of rotatable bonds is 15. The van der Waals surface area contributed by atoms with Crippen LogP contribution >= 0.6 is 11.6 Å². The smallest absolute Gasteiger partial charge is 0.267 e. The Morgan fingerprint density at radius 1 is 0.851 bits per heavy atom. The number of unbranched alkanes of at least 4 members (excludes halogenated alkanes) is 5. The van der Waals surface area contributed by atoms with E-state index in [0.717, 1.165) is 12.8 Å². The van der Waals surface area contributed by atoms with Crippen molar-refractivity contribution in [2.24, 2.45) is 12.8 Å². The van der Waals surface area contributed by atoms with Crippen LogP contribution in [-0.4, -0.2) is 51.1 Å². The van der Waals surface area contributed by atoms with Gasteiger partial charge >= 0.3 is 0 Å². The molecular weight excluding hydrogens is 614 g/mol. The third-order valence-electron chi connectivity index (χ3n) is 8.57. The minimum atomic E-state index is -0.864. The topological polar surface area (TPSA) is 129 Å². The number of aryl methyl sites for hydroxylation is 3. The van der Waals surface area contributed by atoms with Crippen LogP contribution < -0.4 is 16.2 Å². The summed E-state index contributed by atoms with van der Waals surface area (Å²) in [5.74, 6) is -0.947. The Labute approximate surface area is 283 Å². The first-order valence-corrected chi connectivity index (χ1v) is 16.9. The van der Waals surface area contributed by atoms with Gasteiger partial charge in [-0.15, -0.1) is 0 Å². The third kappa shape index (κ3) is 10.1. The second-order valence-electron chi connectivity index (χ2n) is 12.1. The first-order chi connectivity index (χ1) is 22.6. The summed E-state index contributed by atoms with van der Waals surface area (Å²) >= 11 is 6.19. The minimum absolute atomic E-state index is 0.181. The summed E-state index contributed by atoms with van der Waals surface area (Å²) in [6, 6.07) is 22.6. The van der Waals surface area contributed by atoms with E-state index >= 15 is 0 Å². The number of pyridine rings is 1. The molecule has 0 aliphatic carbocycles. The summed E-state index contributed by atoms with van der Waals surface area (Å²) in [7, 11) is 1.55. The van der Waals surface area contributed by atoms with Crippen LogP contribution in [0.2, 0.25) is 5.02 Å². The zero-order valence-corrected chi connectivity index (χ0v) is 28.7. The third-order valence-corrected chi connectivity index (χ3v) is 8.89. The molecule has 0 aliphatic heterocycles. The largest absolute Gasteiger partial charge is 0.506 e. The number of aliphatic hydroxyl groups is 2. The van der Waals surface area contributed by atoms with Crippen molar-refractivity contribution in [3.8, 4) is 5.75 Å². The summed E-state index contributed by atoms with van der Waals surface area (Å²) in [5.41, 5.74) is 7.90. The molecule has 8 nitrogen and oxygen atoms in total. The lowest BCUT2D eigenvalue weighted by Crippen LogP contribution is -2.47. The molecule has 0 spiro atoms. The molecule has 4 rings (SSSR count). The molecule has 0 atom stereocenters. The van der Waals surface area contributed by atoms with Gasteiger partial charge in [-0.3, -0.25) is 9.59 Å². The number of carbonyl (C=O) groups is 1. The van der Waals surface area contributed by atoms with Crippen molar-refractivity contribution >= 4 is 34.1 Å². The van der Waals surface area contributed by atoms with Crippen molar-refractivity contribution in [2.45, 2.75) is 77.2 Å². The van der Waals surface area contributed by atoms with Gasteiger partial charge in [-0.1, -0.05) is 99.2 Å². The van der Waals surface area contributed by atoms with Crippen molar-refractivity contribution in [1.29, 1.82) is 0 Å². The zero-order valence-electron chi connectivity index (χ0n) is 27.9. The van der Waals surface area contributed by atoms with Crippen LogP contribution in [0.1, 0.15) is 80.3 Å². The number of aliphatic hydroxyl groups excluding tert-OH is 2. The highest BCUT2D eigenvalue weighted by Crippen LogP contribution is 2.33. The summed E-state index contributed by atoms with van der Waals surface area (Å²) in [5, 5.41) is 29.6. The highest BCUT2D eigenvalue weighted by molar-refractivity contribution is 6.36. The number of para-hydroxylation sites is 1. The second-order valence-corrected chi connectivity index (χ2v) is 12.5. The molecule has 5 N–H and O–H groups in total. The van der Waals surface area contributed by atoms with E-state index < -0.39 is 17.0 Å². The van der Waals surface area contributed by atoms with E-state index in [9.17, 15) is 24.9 Å². The van der Waals surface area contributed by atoms with Crippen LogP contribution in [0.5, 0.6) is 5.75 Å². The average Bonchev–Trinajstić information content (AvgIpc) is 3.09. The quantitative estimate of drug-likeness (QED) is 0.104. The van der Waals surface area contributed by atoms with Gasteiger partial charge < -0.3 is 30.5 Å². The molecule has 4 aromatic rings. The van der Waals surface area contributed by atoms with Crippen LogP contribution in [-0.2, 0) is 19.9 Å². The Hall–Kier alpha value is -3.69. The maximum Gasteiger partial charge on any atom is 0.267 e. The first kappa shape index (κ1) is 37.8. The molecule has 1 heterocycles. The molecule has 9 heteroatoms. The van der Waals surface area contributed by atoms with Gasteiger partial charge in [-0.2, -0.15) is 0 Å². The Morgan fingerprint density at radius 2 is 1.45 bits per heavy atom. The standard InChI is InChI=1S/C19H17ClN2O3.C19H33NO2/c1-3-22(12-8-5-4-6-9-12)19(25)16-17(23)15-13(20)10-7-11-14(15)21(2)18(16)24;1-2-3-4-5-6-7-8-17-9-11-18(12-10-17)13-14-19(20,15-21)16-22/h4-11,23H,3H2,1-2H3;9-12,21-22H,2-8,13-16,20H2,1H3. The second kappa shape index (κ2) is 18.6. The van der Waals surface area contributed by atoms with Gasteiger partial charge in [0.15, 0.2) is 0 Å². The predicted octanol–water partition coefficient (Wildman–Crippen LogP) is 6.77. The minimum Gasteiger partial charge on any atom is -0.506 e. The van der Waals surface area contributed by atoms with Crippen LogP contribution in [0.25, 0.3) is 10.9 Å². The number of anilines is 1. The number of hydrogen-bond acceptors (Lipinski definition) is 6. The molecule has 3 aromatic carbocycles. The van der Waals surface area contributed by atoms with E-state index in [1.165, 1.54) is 59.1 Å². The van der Waals surface area contributed by atoms with Gasteiger partial charge in [0.05, 0.1) is 34.7 Å². The molecule has 0 saturated heterocycles. The highest BCUT2D eigenvalue weighted by Gasteiger charge is 2.27. The molecule has 0 saturated carbocycles. The van der Waals surface area contributed by atoms with E-state index in [-0.39, 0.29) is 29.5 Å². The van der Waals surface area contributed by atoms with Gasteiger partial charge in [-0.25, -0.2) is 0 Å². The van der Waals surface area contributed by atoms with Crippen LogP contribution in [0.15, 0.2) is 77.6 Å². The molecule has 0 unspecified atom stereocenters.